The monoisotopic (exact) mass is 515 g/mol. The Kier molecular flexibility index (Phi) is 10.3. The first-order valence-electron chi connectivity index (χ1n) is 9.72. The number of halogens is 1. The standard InChI is InChI=1S/C25H26INO3/c1-4-6-7-8-20-10-9-19(18-23(20)29-3)15-16-27-25(28)24(30-17-5-2)21-11-13-22(26)14-12-21/h2,9-14,18,24H,7-8,15-17H2,1,3H3,(H,27,28). The van der Waals surface area contributed by atoms with E-state index in [0.717, 1.165) is 38.9 Å². The molecule has 0 aliphatic heterocycles. The number of terminal acetylenes is 1. The lowest BCUT2D eigenvalue weighted by Gasteiger charge is -2.17. The highest BCUT2D eigenvalue weighted by Gasteiger charge is 2.20. The van der Waals surface area contributed by atoms with Crippen molar-refractivity contribution >= 4 is 28.5 Å². The highest BCUT2D eigenvalue weighted by molar-refractivity contribution is 14.1. The number of methoxy groups -OCH3 is 1. The molecule has 0 heterocycles. The summed E-state index contributed by atoms with van der Waals surface area (Å²) in [6.45, 7) is 2.41. The molecule has 5 heteroatoms. The molecule has 2 aromatic carbocycles. The summed E-state index contributed by atoms with van der Waals surface area (Å²) in [5.74, 6) is 9.06. The van der Waals surface area contributed by atoms with Crippen LogP contribution >= 0.6 is 22.6 Å². The van der Waals surface area contributed by atoms with Crippen LogP contribution in [0.2, 0.25) is 0 Å². The topological polar surface area (TPSA) is 47.6 Å². The summed E-state index contributed by atoms with van der Waals surface area (Å²) < 4.78 is 12.2. The van der Waals surface area contributed by atoms with Crippen molar-refractivity contribution in [3.63, 3.8) is 0 Å². The van der Waals surface area contributed by atoms with Crippen molar-refractivity contribution in [3.8, 4) is 29.9 Å². The van der Waals surface area contributed by atoms with Crippen LogP contribution in [0.3, 0.4) is 0 Å². The molecule has 0 fully saturated rings. The van der Waals surface area contributed by atoms with Crippen molar-refractivity contribution in [2.45, 2.75) is 32.3 Å². The van der Waals surface area contributed by atoms with Crippen molar-refractivity contribution in [2.75, 3.05) is 20.3 Å². The number of amides is 1. The van der Waals surface area contributed by atoms with Gasteiger partial charge in [-0.25, -0.2) is 0 Å². The second kappa shape index (κ2) is 13.0. The average molecular weight is 515 g/mol. The van der Waals surface area contributed by atoms with Crippen LogP contribution in [0.15, 0.2) is 42.5 Å². The van der Waals surface area contributed by atoms with E-state index in [9.17, 15) is 4.79 Å². The normalized spacial score (nSPS) is 11.0. The first-order chi connectivity index (χ1) is 14.6. The lowest BCUT2D eigenvalue weighted by molar-refractivity contribution is -0.132. The van der Waals surface area contributed by atoms with E-state index in [1.807, 2.05) is 37.3 Å². The van der Waals surface area contributed by atoms with E-state index in [2.05, 4.69) is 57.8 Å². The molecule has 1 N–H and O–H groups in total. The third-order valence-corrected chi connectivity index (χ3v) is 5.22. The van der Waals surface area contributed by atoms with Gasteiger partial charge in [-0.15, -0.1) is 18.3 Å². The molecular formula is C25H26INO3. The first-order valence-corrected chi connectivity index (χ1v) is 10.8. The quantitative estimate of drug-likeness (QED) is 0.379. The maximum Gasteiger partial charge on any atom is 0.253 e. The summed E-state index contributed by atoms with van der Waals surface area (Å²) >= 11 is 2.22. The number of aryl methyl sites for hydroxylation is 1. The van der Waals surface area contributed by atoms with E-state index in [1.54, 1.807) is 7.11 Å². The molecule has 0 saturated carbocycles. The van der Waals surface area contributed by atoms with Crippen molar-refractivity contribution in [2.24, 2.45) is 0 Å². The van der Waals surface area contributed by atoms with Crippen molar-refractivity contribution < 1.29 is 14.3 Å². The number of carbonyl (C=O) groups is 1. The number of hydrogen-bond donors (Lipinski definition) is 1. The van der Waals surface area contributed by atoms with Gasteiger partial charge in [0.15, 0.2) is 6.10 Å². The fourth-order valence-corrected chi connectivity index (χ4v) is 3.35. The lowest BCUT2D eigenvalue weighted by atomic mass is 10.0. The Morgan fingerprint density at radius 2 is 1.97 bits per heavy atom. The molecule has 0 aliphatic rings. The summed E-state index contributed by atoms with van der Waals surface area (Å²) in [6.07, 6.45) is 6.92. The van der Waals surface area contributed by atoms with Crippen LogP contribution in [0.1, 0.15) is 36.1 Å². The summed E-state index contributed by atoms with van der Waals surface area (Å²) in [5.41, 5.74) is 3.01. The van der Waals surface area contributed by atoms with Crippen molar-refractivity contribution in [1.29, 1.82) is 0 Å². The Morgan fingerprint density at radius 1 is 1.20 bits per heavy atom. The zero-order valence-corrected chi connectivity index (χ0v) is 19.5. The summed E-state index contributed by atoms with van der Waals surface area (Å²) in [5, 5.41) is 2.95. The van der Waals surface area contributed by atoms with E-state index in [0.29, 0.717) is 13.0 Å². The van der Waals surface area contributed by atoms with Gasteiger partial charge in [0.05, 0.1) is 7.11 Å². The number of nitrogens with one attached hydrogen (secondary N) is 1. The predicted molar refractivity (Wildman–Crippen MR) is 128 cm³/mol. The SMILES string of the molecule is C#CCOC(C(=O)NCCc1ccc(CCC#CC)c(OC)c1)c1ccc(I)cc1. The number of benzene rings is 2. The third kappa shape index (κ3) is 7.40. The van der Waals surface area contributed by atoms with Crippen molar-refractivity contribution in [3.05, 3.63) is 62.7 Å². The van der Waals surface area contributed by atoms with Gasteiger partial charge in [0.2, 0.25) is 0 Å². The summed E-state index contributed by atoms with van der Waals surface area (Å²) in [7, 11) is 1.67. The molecular weight excluding hydrogens is 489 g/mol. The van der Waals surface area contributed by atoms with Gasteiger partial charge in [-0.1, -0.05) is 30.2 Å². The van der Waals surface area contributed by atoms with Gasteiger partial charge >= 0.3 is 0 Å². The van der Waals surface area contributed by atoms with Crippen LogP contribution in [-0.4, -0.2) is 26.2 Å². The molecule has 0 aliphatic carbocycles. The minimum absolute atomic E-state index is 0.0745. The molecule has 0 saturated heterocycles. The maximum absolute atomic E-state index is 12.7. The Morgan fingerprint density at radius 3 is 2.63 bits per heavy atom. The van der Waals surface area contributed by atoms with E-state index >= 15 is 0 Å². The van der Waals surface area contributed by atoms with Crippen LogP contribution in [0.5, 0.6) is 5.75 Å². The molecule has 0 aromatic heterocycles. The van der Waals surface area contributed by atoms with Crippen LogP contribution in [0.25, 0.3) is 0 Å². The van der Waals surface area contributed by atoms with Gasteiger partial charge in [0.1, 0.15) is 12.4 Å². The van der Waals surface area contributed by atoms with Crippen LogP contribution in [0, 0.1) is 27.8 Å². The van der Waals surface area contributed by atoms with Crippen LogP contribution < -0.4 is 10.1 Å². The second-order valence-electron chi connectivity index (χ2n) is 6.56. The molecule has 30 heavy (non-hydrogen) atoms. The highest BCUT2D eigenvalue weighted by Crippen LogP contribution is 2.22. The molecule has 1 unspecified atom stereocenters. The smallest absolute Gasteiger partial charge is 0.253 e. The first kappa shape index (κ1) is 23.8. The fraction of sp³-hybridized carbons (Fsp3) is 0.320. The number of ether oxygens (including phenoxy) is 2. The molecule has 0 radical (unpaired) electrons. The summed E-state index contributed by atoms with van der Waals surface area (Å²) in [4.78, 5) is 12.7. The van der Waals surface area contributed by atoms with E-state index in [1.165, 1.54) is 0 Å². The lowest BCUT2D eigenvalue weighted by Crippen LogP contribution is -2.32. The fourth-order valence-electron chi connectivity index (χ4n) is 2.99. The van der Waals surface area contributed by atoms with Gasteiger partial charge in [-0.3, -0.25) is 4.79 Å². The van der Waals surface area contributed by atoms with Gasteiger partial charge in [-0.05, 0) is 77.2 Å². The maximum atomic E-state index is 12.7. The van der Waals surface area contributed by atoms with Crippen LogP contribution in [0.4, 0.5) is 0 Å². The van der Waals surface area contributed by atoms with Gasteiger partial charge in [0, 0.05) is 16.5 Å². The molecule has 2 rings (SSSR count). The third-order valence-electron chi connectivity index (χ3n) is 4.50. The molecule has 2 aromatic rings. The Labute approximate surface area is 192 Å². The van der Waals surface area contributed by atoms with Gasteiger partial charge in [0.25, 0.3) is 5.91 Å². The molecule has 4 nitrogen and oxygen atoms in total. The van der Waals surface area contributed by atoms with Gasteiger partial charge in [-0.2, -0.15) is 0 Å². The van der Waals surface area contributed by atoms with Crippen molar-refractivity contribution in [1.82, 2.24) is 5.32 Å². The minimum Gasteiger partial charge on any atom is -0.496 e. The highest BCUT2D eigenvalue weighted by atomic mass is 127. The van der Waals surface area contributed by atoms with E-state index in [-0.39, 0.29) is 12.5 Å². The predicted octanol–water partition coefficient (Wildman–Crippen LogP) is 4.31. The number of carbonyl (C=O) groups excluding carboxylic acids is 1. The van der Waals surface area contributed by atoms with E-state index < -0.39 is 6.10 Å². The molecule has 156 valence electrons. The van der Waals surface area contributed by atoms with E-state index in [4.69, 9.17) is 15.9 Å². The Bertz CT molecular complexity index is 936. The molecule has 0 spiro atoms. The Balaban J connectivity index is 1.97. The van der Waals surface area contributed by atoms with Gasteiger partial charge < -0.3 is 14.8 Å². The molecule has 1 atom stereocenters. The average Bonchev–Trinajstić information content (AvgIpc) is 2.76. The molecule has 1 amide bonds. The molecule has 0 bridgehead atoms. The summed E-state index contributed by atoms with van der Waals surface area (Å²) in [6, 6.07) is 13.8. The number of hydrogen-bond acceptors (Lipinski definition) is 3. The largest absolute Gasteiger partial charge is 0.496 e. The minimum atomic E-state index is -0.727. The zero-order chi connectivity index (χ0) is 21.8. The Hall–Kier alpha value is -2.48. The van der Waals surface area contributed by atoms with Crippen LogP contribution in [-0.2, 0) is 22.4 Å². The second-order valence-corrected chi connectivity index (χ2v) is 7.81. The zero-order valence-electron chi connectivity index (χ0n) is 17.3. The number of rotatable bonds is 10.